The number of aliphatic carboxylic acids is 1. The second kappa shape index (κ2) is 8.05. The van der Waals surface area contributed by atoms with Gasteiger partial charge in [-0.2, -0.15) is 0 Å². The van der Waals surface area contributed by atoms with Crippen molar-refractivity contribution in [3.05, 3.63) is 0 Å². The van der Waals surface area contributed by atoms with E-state index in [-0.39, 0.29) is 25.5 Å². The van der Waals surface area contributed by atoms with Crippen molar-refractivity contribution in [2.75, 3.05) is 33.4 Å². The Balaban J connectivity index is 4.95. The van der Waals surface area contributed by atoms with Crippen LogP contribution in [0.2, 0.25) is 0 Å². The van der Waals surface area contributed by atoms with Crippen molar-refractivity contribution >= 4 is 11.9 Å². The van der Waals surface area contributed by atoms with E-state index in [1.165, 1.54) is 12.0 Å². The number of carboxylic acid groups (broad SMARTS) is 1. The molecule has 6 nitrogen and oxygen atoms in total. The number of methoxy groups -OCH3 is 1. The number of nitrogens with zero attached hydrogens (tertiary/aromatic N) is 1. The molecule has 6 heteroatoms. The van der Waals surface area contributed by atoms with Crippen LogP contribution in [0, 0.1) is 5.41 Å². The standard InChI is InChI=1S/C12H24N2O4/c1-4-12(5-2,9-13)11(17)14(6-7-18-3)8-10(15)16/h4-9,13H2,1-3H3,(H,15,16). The number of hydrogen-bond acceptors (Lipinski definition) is 4. The molecule has 0 aliphatic rings. The fraction of sp³-hybridized carbons (Fsp3) is 0.833. The number of carboxylic acids is 1. The Bertz CT molecular complexity index is 269. The maximum atomic E-state index is 12.4. The van der Waals surface area contributed by atoms with Crippen molar-refractivity contribution in [2.45, 2.75) is 26.7 Å². The van der Waals surface area contributed by atoms with Gasteiger partial charge in [0.1, 0.15) is 6.54 Å². The van der Waals surface area contributed by atoms with Gasteiger partial charge in [0.05, 0.1) is 12.0 Å². The zero-order valence-corrected chi connectivity index (χ0v) is 11.4. The molecule has 0 radical (unpaired) electrons. The van der Waals surface area contributed by atoms with E-state index in [2.05, 4.69) is 0 Å². The summed E-state index contributed by atoms with van der Waals surface area (Å²) in [6, 6.07) is 0. The predicted octanol–water partition coefficient (Wildman–Crippen LogP) is 0.311. The molecule has 106 valence electrons. The summed E-state index contributed by atoms with van der Waals surface area (Å²) in [4.78, 5) is 24.5. The summed E-state index contributed by atoms with van der Waals surface area (Å²) in [6.07, 6.45) is 1.20. The van der Waals surface area contributed by atoms with E-state index in [1.54, 1.807) is 0 Å². The second-order valence-electron chi connectivity index (χ2n) is 4.30. The van der Waals surface area contributed by atoms with Crippen molar-refractivity contribution < 1.29 is 19.4 Å². The third-order valence-corrected chi connectivity index (χ3v) is 3.38. The van der Waals surface area contributed by atoms with Crippen molar-refractivity contribution in [3.63, 3.8) is 0 Å². The number of ether oxygens (including phenoxy) is 1. The minimum atomic E-state index is -1.03. The highest BCUT2D eigenvalue weighted by Gasteiger charge is 2.37. The summed E-state index contributed by atoms with van der Waals surface area (Å²) < 4.78 is 4.90. The van der Waals surface area contributed by atoms with E-state index < -0.39 is 11.4 Å². The van der Waals surface area contributed by atoms with Gasteiger partial charge in [0.2, 0.25) is 5.91 Å². The Kier molecular flexibility index (Phi) is 7.54. The fourth-order valence-corrected chi connectivity index (χ4v) is 1.88. The van der Waals surface area contributed by atoms with Gasteiger partial charge >= 0.3 is 5.97 Å². The number of hydrogen-bond donors (Lipinski definition) is 2. The topological polar surface area (TPSA) is 92.9 Å². The molecule has 0 heterocycles. The molecule has 0 saturated carbocycles. The third-order valence-electron chi connectivity index (χ3n) is 3.38. The molecule has 0 saturated heterocycles. The molecule has 0 aliphatic heterocycles. The van der Waals surface area contributed by atoms with E-state index in [9.17, 15) is 9.59 Å². The summed E-state index contributed by atoms with van der Waals surface area (Å²) in [5.74, 6) is -1.23. The molecule has 3 N–H and O–H groups in total. The minimum Gasteiger partial charge on any atom is -0.480 e. The maximum Gasteiger partial charge on any atom is 0.323 e. The van der Waals surface area contributed by atoms with Gasteiger partial charge in [-0.3, -0.25) is 9.59 Å². The van der Waals surface area contributed by atoms with Gasteiger partial charge in [0.15, 0.2) is 0 Å². The van der Waals surface area contributed by atoms with Crippen molar-refractivity contribution in [3.8, 4) is 0 Å². The van der Waals surface area contributed by atoms with Crippen molar-refractivity contribution in [2.24, 2.45) is 11.1 Å². The fourth-order valence-electron chi connectivity index (χ4n) is 1.88. The predicted molar refractivity (Wildman–Crippen MR) is 68.2 cm³/mol. The first-order chi connectivity index (χ1) is 8.47. The number of amides is 1. The molecule has 0 unspecified atom stereocenters. The van der Waals surface area contributed by atoms with Gasteiger partial charge < -0.3 is 20.5 Å². The van der Waals surface area contributed by atoms with Crippen LogP contribution >= 0.6 is 0 Å². The molecular formula is C12H24N2O4. The zero-order chi connectivity index (χ0) is 14.2. The SMILES string of the molecule is CCC(CC)(CN)C(=O)N(CCOC)CC(=O)O. The molecule has 0 aliphatic carbocycles. The van der Waals surface area contributed by atoms with Crippen LogP contribution in [-0.2, 0) is 14.3 Å². The van der Waals surface area contributed by atoms with Crippen LogP contribution in [0.5, 0.6) is 0 Å². The number of rotatable bonds is 9. The average molecular weight is 260 g/mol. The molecule has 0 aromatic rings. The van der Waals surface area contributed by atoms with E-state index in [4.69, 9.17) is 15.6 Å². The van der Waals surface area contributed by atoms with Crippen LogP contribution in [0.3, 0.4) is 0 Å². The van der Waals surface area contributed by atoms with Crippen LogP contribution in [0.4, 0.5) is 0 Å². The van der Waals surface area contributed by atoms with Gasteiger partial charge in [-0.1, -0.05) is 13.8 Å². The Morgan fingerprint density at radius 3 is 2.22 bits per heavy atom. The lowest BCUT2D eigenvalue weighted by atomic mass is 9.81. The molecule has 0 spiro atoms. The third kappa shape index (κ3) is 4.27. The van der Waals surface area contributed by atoms with E-state index >= 15 is 0 Å². The molecule has 0 fully saturated rings. The van der Waals surface area contributed by atoms with Crippen LogP contribution < -0.4 is 5.73 Å². The molecule has 0 atom stereocenters. The van der Waals surface area contributed by atoms with Gasteiger partial charge in [-0.05, 0) is 12.8 Å². The second-order valence-corrected chi connectivity index (χ2v) is 4.30. The quantitative estimate of drug-likeness (QED) is 0.622. The summed E-state index contributed by atoms with van der Waals surface area (Å²) in [5.41, 5.74) is 5.04. The summed E-state index contributed by atoms with van der Waals surface area (Å²) in [6.45, 7) is 4.27. The molecule has 0 aromatic carbocycles. The maximum absolute atomic E-state index is 12.4. The summed E-state index contributed by atoms with van der Waals surface area (Å²) in [7, 11) is 1.51. The first-order valence-corrected chi connectivity index (χ1v) is 6.17. The monoisotopic (exact) mass is 260 g/mol. The highest BCUT2D eigenvalue weighted by Crippen LogP contribution is 2.27. The molecule has 0 bridgehead atoms. The Morgan fingerprint density at radius 1 is 1.33 bits per heavy atom. The number of carbonyl (C=O) groups is 2. The van der Waals surface area contributed by atoms with Gasteiger partial charge in [-0.25, -0.2) is 0 Å². The lowest BCUT2D eigenvalue weighted by Crippen LogP contribution is -2.50. The van der Waals surface area contributed by atoms with Gasteiger partial charge in [0.25, 0.3) is 0 Å². The van der Waals surface area contributed by atoms with E-state index in [0.29, 0.717) is 19.4 Å². The zero-order valence-electron chi connectivity index (χ0n) is 11.4. The molecule has 0 aromatic heterocycles. The Morgan fingerprint density at radius 2 is 1.89 bits per heavy atom. The van der Waals surface area contributed by atoms with Crippen molar-refractivity contribution in [1.29, 1.82) is 0 Å². The summed E-state index contributed by atoms with van der Waals surface area (Å²) in [5, 5.41) is 8.85. The van der Waals surface area contributed by atoms with Gasteiger partial charge in [-0.15, -0.1) is 0 Å². The van der Waals surface area contributed by atoms with E-state index in [1.807, 2.05) is 13.8 Å². The molecular weight excluding hydrogens is 236 g/mol. The van der Waals surface area contributed by atoms with Gasteiger partial charge in [0, 0.05) is 20.2 Å². The highest BCUT2D eigenvalue weighted by molar-refractivity contribution is 5.86. The first-order valence-electron chi connectivity index (χ1n) is 6.17. The van der Waals surface area contributed by atoms with Crippen LogP contribution in [-0.4, -0.2) is 55.2 Å². The Hall–Kier alpha value is -1.14. The lowest BCUT2D eigenvalue weighted by Gasteiger charge is -2.34. The normalized spacial score (nSPS) is 11.3. The first kappa shape index (κ1) is 16.9. The van der Waals surface area contributed by atoms with E-state index in [0.717, 1.165) is 0 Å². The lowest BCUT2D eigenvalue weighted by molar-refractivity contribution is -0.150. The average Bonchev–Trinajstić information content (AvgIpc) is 2.36. The molecule has 18 heavy (non-hydrogen) atoms. The highest BCUT2D eigenvalue weighted by atomic mass is 16.5. The van der Waals surface area contributed by atoms with Crippen LogP contribution in [0.1, 0.15) is 26.7 Å². The smallest absolute Gasteiger partial charge is 0.323 e. The van der Waals surface area contributed by atoms with Crippen molar-refractivity contribution in [1.82, 2.24) is 4.90 Å². The van der Waals surface area contributed by atoms with Crippen LogP contribution in [0.25, 0.3) is 0 Å². The van der Waals surface area contributed by atoms with Crippen LogP contribution in [0.15, 0.2) is 0 Å². The largest absolute Gasteiger partial charge is 0.480 e. The minimum absolute atomic E-state index is 0.200. The molecule has 0 rings (SSSR count). The number of nitrogens with two attached hydrogens (primary N) is 1. The Labute approximate surface area is 108 Å². The number of carbonyl (C=O) groups excluding carboxylic acids is 1. The summed E-state index contributed by atoms with van der Waals surface area (Å²) >= 11 is 0. The molecule has 1 amide bonds.